The fraction of sp³-hybridized carbons (Fsp3) is 0.471. The van der Waals surface area contributed by atoms with E-state index in [-0.39, 0.29) is 5.91 Å². The number of carbonyl (C=O) groups excluding carboxylic acids is 3. The van der Waals surface area contributed by atoms with E-state index >= 15 is 0 Å². The highest BCUT2D eigenvalue weighted by atomic mass is 16.5. The van der Waals surface area contributed by atoms with Gasteiger partial charge in [0.25, 0.3) is 0 Å². The van der Waals surface area contributed by atoms with Crippen molar-refractivity contribution in [3.05, 3.63) is 35.4 Å². The van der Waals surface area contributed by atoms with Gasteiger partial charge in [-0.3, -0.25) is 19.8 Å². The molecule has 4 atom stereocenters. The topological polar surface area (TPSA) is 95.9 Å². The molecule has 3 rings (SSSR count). The molecule has 128 valence electrons. The lowest BCUT2D eigenvalue weighted by molar-refractivity contribution is -0.156. The summed E-state index contributed by atoms with van der Waals surface area (Å²) in [5, 5.41) is 12.9. The minimum Gasteiger partial charge on any atom is -0.468 e. The SMILES string of the molecule is COC(=O)[C@]1(CO)N[C@H](c2ccc(C)cc2)[C@H]2C(=O)N(C)C(=O)[C@H]21. The van der Waals surface area contributed by atoms with E-state index < -0.39 is 41.9 Å². The first-order chi connectivity index (χ1) is 11.4. The van der Waals surface area contributed by atoms with E-state index in [4.69, 9.17) is 4.74 Å². The number of aliphatic hydroxyl groups is 1. The van der Waals surface area contributed by atoms with Crippen LogP contribution in [-0.4, -0.2) is 54.1 Å². The lowest BCUT2D eigenvalue weighted by Crippen LogP contribution is -2.58. The number of esters is 1. The molecule has 0 aliphatic carbocycles. The van der Waals surface area contributed by atoms with Crippen LogP contribution < -0.4 is 5.32 Å². The maximum Gasteiger partial charge on any atom is 0.329 e. The average Bonchev–Trinajstić information content (AvgIpc) is 3.05. The number of benzene rings is 1. The van der Waals surface area contributed by atoms with Gasteiger partial charge >= 0.3 is 5.97 Å². The number of nitrogens with one attached hydrogen (secondary N) is 1. The second kappa shape index (κ2) is 5.68. The zero-order chi connectivity index (χ0) is 17.6. The van der Waals surface area contributed by atoms with Crippen molar-refractivity contribution in [1.82, 2.24) is 10.2 Å². The van der Waals surface area contributed by atoms with E-state index in [0.29, 0.717) is 0 Å². The monoisotopic (exact) mass is 332 g/mol. The second-order valence-electron chi connectivity index (χ2n) is 6.39. The number of likely N-dealkylation sites (tertiary alicyclic amines) is 1. The van der Waals surface area contributed by atoms with Gasteiger partial charge in [-0.15, -0.1) is 0 Å². The van der Waals surface area contributed by atoms with E-state index in [9.17, 15) is 19.5 Å². The first kappa shape index (κ1) is 16.6. The Bertz CT molecular complexity index is 701. The van der Waals surface area contributed by atoms with Crippen LogP contribution >= 0.6 is 0 Å². The minimum atomic E-state index is -1.62. The zero-order valence-electron chi connectivity index (χ0n) is 13.8. The van der Waals surface area contributed by atoms with Crippen molar-refractivity contribution in [2.24, 2.45) is 11.8 Å². The summed E-state index contributed by atoms with van der Waals surface area (Å²) in [5.74, 6) is -3.32. The summed E-state index contributed by atoms with van der Waals surface area (Å²) in [5.41, 5.74) is 0.221. The largest absolute Gasteiger partial charge is 0.468 e. The average molecular weight is 332 g/mol. The van der Waals surface area contributed by atoms with E-state index in [2.05, 4.69) is 5.32 Å². The molecule has 0 bridgehead atoms. The number of aliphatic hydroxyl groups excluding tert-OH is 1. The predicted octanol–water partition coefficient (Wildman–Crippen LogP) is -0.226. The summed E-state index contributed by atoms with van der Waals surface area (Å²) in [6.45, 7) is 1.31. The first-order valence-corrected chi connectivity index (χ1v) is 7.72. The van der Waals surface area contributed by atoms with Crippen molar-refractivity contribution < 1.29 is 24.2 Å². The predicted molar refractivity (Wildman–Crippen MR) is 83.6 cm³/mol. The lowest BCUT2D eigenvalue weighted by Gasteiger charge is -2.29. The number of carbonyl (C=O) groups is 3. The summed E-state index contributed by atoms with van der Waals surface area (Å²) >= 11 is 0. The molecule has 2 aliphatic heterocycles. The number of amides is 2. The van der Waals surface area contributed by atoms with Crippen molar-refractivity contribution >= 4 is 17.8 Å². The van der Waals surface area contributed by atoms with Gasteiger partial charge in [0, 0.05) is 13.1 Å². The molecule has 2 aliphatic rings. The van der Waals surface area contributed by atoms with Gasteiger partial charge in [0.2, 0.25) is 11.8 Å². The van der Waals surface area contributed by atoms with Crippen molar-refractivity contribution in [1.29, 1.82) is 0 Å². The number of imide groups is 1. The summed E-state index contributed by atoms with van der Waals surface area (Å²) in [6, 6.07) is 6.95. The van der Waals surface area contributed by atoms with Gasteiger partial charge in [0.15, 0.2) is 5.54 Å². The molecule has 1 aromatic rings. The molecular weight excluding hydrogens is 312 g/mol. The molecule has 2 saturated heterocycles. The molecule has 7 heteroatoms. The van der Waals surface area contributed by atoms with Crippen LogP contribution in [-0.2, 0) is 19.1 Å². The number of ether oxygens (including phenoxy) is 1. The third-order valence-corrected chi connectivity index (χ3v) is 5.11. The zero-order valence-corrected chi connectivity index (χ0v) is 13.8. The Balaban J connectivity index is 2.12. The highest BCUT2D eigenvalue weighted by molar-refractivity contribution is 6.09. The number of hydrogen-bond donors (Lipinski definition) is 2. The molecule has 2 N–H and O–H groups in total. The first-order valence-electron chi connectivity index (χ1n) is 7.72. The van der Waals surface area contributed by atoms with Gasteiger partial charge in [-0.1, -0.05) is 29.8 Å². The Morgan fingerprint density at radius 2 is 1.92 bits per heavy atom. The molecule has 2 amide bonds. The highest BCUT2D eigenvalue weighted by Crippen LogP contribution is 2.48. The number of methoxy groups -OCH3 is 1. The molecule has 2 heterocycles. The number of fused-ring (bicyclic) bond motifs is 1. The van der Waals surface area contributed by atoms with Crippen LogP contribution in [0.25, 0.3) is 0 Å². The fourth-order valence-corrected chi connectivity index (χ4v) is 3.79. The number of aryl methyl sites for hydroxylation is 1. The second-order valence-corrected chi connectivity index (χ2v) is 6.39. The summed E-state index contributed by atoms with van der Waals surface area (Å²) in [7, 11) is 2.59. The molecule has 0 unspecified atom stereocenters. The summed E-state index contributed by atoms with van der Waals surface area (Å²) in [4.78, 5) is 38.6. The highest BCUT2D eigenvalue weighted by Gasteiger charge is 2.68. The summed E-state index contributed by atoms with van der Waals surface area (Å²) in [6.07, 6.45) is 0. The lowest BCUT2D eigenvalue weighted by atomic mass is 9.79. The molecule has 0 saturated carbocycles. The van der Waals surface area contributed by atoms with Crippen molar-refractivity contribution in [3.8, 4) is 0 Å². The molecular formula is C17H20N2O5. The van der Waals surface area contributed by atoms with Gasteiger partial charge in [0.05, 0.1) is 25.6 Å². The molecule has 1 aromatic carbocycles. The van der Waals surface area contributed by atoms with Gasteiger partial charge < -0.3 is 9.84 Å². The molecule has 0 radical (unpaired) electrons. The number of nitrogens with zero attached hydrogens (tertiary/aromatic N) is 1. The van der Waals surface area contributed by atoms with E-state index in [1.165, 1.54) is 14.2 Å². The molecule has 7 nitrogen and oxygen atoms in total. The van der Waals surface area contributed by atoms with Gasteiger partial charge in [0.1, 0.15) is 0 Å². The normalized spacial score (nSPS) is 32.2. The minimum absolute atomic E-state index is 0.359. The number of rotatable bonds is 3. The Morgan fingerprint density at radius 1 is 1.29 bits per heavy atom. The molecule has 2 fully saturated rings. The Labute approximate surface area is 139 Å². The third-order valence-electron chi connectivity index (χ3n) is 5.11. The van der Waals surface area contributed by atoms with Crippen LogP contribution in [0.3, 0.4) is 0 Å². The van der Waals surface area contributed by atoms with Crippen LogP contribution in [0, 0.1) is 18.8 Å². The molecule has 0 spiro atoms. The van der Waals surface area contributed by atoms with E-state index in [1.807, 2.05) is 31.2 Å². The van der Waals surface area contributed by atoms with Gasteiger partial charge in [-0.05, 0) is 12.5 Å². The van der Waals surface area contributed by atoms with Crippen molar-refractivity contribution in [3.63, 3.8) is 0 Å². The van der Waals surface area contributed by atoms with E-state index in [0.717, 1.165) is 16.0 Å². The third kappa shape index (κ3) is 2.08. The van der Waals surface area contributed by atoms with Crippen LogP contribution in [0.5, 0.6) is 0 Å². The Kier molecular flexibility index (Phi) is 3.93. The molecule has 0 aromatic heterocycles. The van der Waals surface area contributed by atoms with Gasteiger partial charge in [-0.25, -0.2) is 4.79 Å². The Hall–Kier alpha value is -2.25. The molecule has 24 heavy (non-hydrogen) atoms. The quantitative estimate of drug-likeness (QED) is 0.587. The maximum atomic E-state index is 12.6. The smallest absolute Gasteiger partial charge is 0.329 e. The fourth-order valence-electron chi connectivity index (χ4n) is 3.79. The Morgan fingerprint density at radius 3 is 2.46 bits per heavy atom. The van der Waals surface area contributed by atoms with Gasteiger partial charge in [-0.2, -0.15) is 0 Å². The van der Waals surface area contributed by atoms with Crippen LogP contribution in [0.15, 0.2) is 24.3 Å². The van der Waals surface area contributed by atoms with Crippen molar-refractivity contribution in [2.75, 3.05) is 20.8 Å². The summed E-state index contributed by atoms with van der Waals surface area (Å²) < 4.78 is 4.82. The van der Waals surface area contributed by atoms with Crippen LogP contribution in [0.2, 0.25) is 0 Å². The van der Waals surface area contributed by atoms with Crippen LogP contribution in [0.1, 0.15) is 17.2 Å². The van der Waals surface area contributed by atoms with Crippen molar-refractivity contribution in [2.45, 2.75) is 18.5 Å². The van der Waals surface area contributed by atoms with Crippen LogP contribution in [0.4, 0.5) is 0 Å². The number of hydrogen-bond acceptors (Lipinski definition) is 6. The standard InChI is InChI=1S/C17H20N2O5/c1-9-4-6-10(7-5-9)13-11-12(15(22)19(2)14(11)21)17(8-20,18-13)16(23)24-3/h4-7,11-13,18,20H,8H2,1-3H3/t11-,12-,13+,17+/m0/s1. The maximum absolute atomic E-state index is 12.6. The van der Waals surface area contributed by atoms with E-state index in [1.54, 1.807) is 0 Å².